The minimum atomic E-state index is -0.792. The van der Waals surface area contributed by atoms with Crippen LogP contribution in [0.25, 0.3) is 0 Å². The molecule has 0 amide bonds. The van der Waals surface area contributed by atoms with Crippen LogP contribution in [0.15, 0.2) is 30.3 Å². The first-order valence-electron chi connectivity index (χ1n) is 7.01. The van der Waals surface area contributed by atoms with Crippen molar-refractivity contribution in [2.75, 3.05) is 26.2 Å². The van der Waals surface area contributed by atoms with Crippen molar-refractivity contribution in [3.05, 3.63) is 35.9 Å². The van der Waals surface area contributed by atoms with E-state index < -0.39 is 5.72 Å². The molecule has 2 rings (SSSR count). The second-order valence-electron chi connectivity index (χ2n) is 5.02. The SMILES string of the molecule is CCCCC(O)(c1ccccc1)N1CCNCC1. The van der Waals surface area contributed by atoms with E-state index in [2.05, 4.69) is 17.1 Å². The first kappa shape index (κ1) is 13.5. The van der Waals surface area contributed by atoms with Gasteiger partial charge < -0.3 is 10.4 Å². The number of hydrogen-bond acceptors (Lipinski definition) is 3. The molecule has 2 N–H and O–H groups in total. The Morgan fingerprint density at radius 2 is 1.89 bits per heavy atom. The van der Waals surface area contributed by atoms with Crippen LogP contribution in [0.5, 0.6) is 0 Å². The summed E-state index contributed by atoms with van der Waals surface area (Å²) in [6.45, 7) is 5.91. The van der Waals surface area contributed by atoms with E-state index >= 15 is 0 Å². The molecule has 0 aliphatic carbocycles. The van der Waals surface area contributed by atoms with Crippen LogP contribution in [0.1, 0.15) is 31.7 Å². The van der Waals surface area contributed by atoms with E-state index in [0.29, 0.717) is 0 Å². The van der Waals surface area contributed by atoms with Crippen molar-refractivity contribution in [1.29, 1.82) is 0 Å². The largest absolute Gasteiger partial charge is 0.371 e. The zero-order valence-electron chi connectivity index (χ0n) is 11.2. The molecule has 1 fully saturated rings. The Hall–Kier alpha value is -0.900. The van der Waals surface area contributed by atoms with E-state index in [9.17, 15) is 5.11 Å². The van der Waals surface area contributed by atoms with E-state index in [-0.39, 0.29) is 0 Å². The number of hydrogen-bond donors (Lipinski definition) is 2. The van der Waals surface area contributed by atoms with E-state index in [0.717, 1.165) is 51.0 Å². The fourth-order valence-corrected chi connectivity index (χ4v) is 2.65. The first-order chi connectivity index (χ1) is 8.77. The maximum atomic E-state index is 11.1. The summed E-state index contributed by atoms with van der Waals surface area (Å²) in [6.07, 6.45) is 2.98. The molecule has 0 aromatic heterocycles. The highest BCUT2D eigenvalue weighted by atomic mass is 16.3. The molecule has 1 aromatic carbocycles. The molecular weight excluding hydrogens is 224 g/mol. The Morgan fingerprint density at radius 1 is 1.22 bits per heavy atom. The van der Waals surface area contributed by atoms with Crippen LogP contribution in [-0.4, -0.2) is 36.2 Å². The fraction of sp³-hybridized carbons (Fsp3) is 0.600. The van der Waals surface area contributed by atoms with E-state index in [1.165, 1.54) is 0 Å². The Kier molecular flexibility index (Phi) is 4.75. The van der Waals surface area contributed by atoms with Crippen LogP contribution in [0.4, 0.5) is 0 Å². The average molecular weight is 248 g/mol. The predicted molar refractivity (Wildman–Crippen MR) is 74.3 cm³/mol. The molecule has 18 heavy (non-hydrogen) atoms. The summed E-state index contributed by atoms with van der Waals surface area (Å²) in [6, 6.07) is 10.1. The zero-order chi connectivity index (χ0) is 12.8. The minimum Gasteiger partial charge on any atom is -0.371 e. The number of rotatable bonds is 5. The maximum Gasteiger partial charge on any atom is 0.144 e. The molecule has 1 aromatic rings. The van der Waals surface area contributed by atoms with E-state index in [1.54, 1.807) is 0 Å². The van der Waals surface area contributed by atoms with Crippen molar-refractivity contribution in [2.24, 2.45) is 0 Å². The van der Waals surface area contributed by atoms with E-state index in [1.807, 2.05) is 30.3 Å². The molecule has 1 saturated heterocycles. The first-order valence-corrected chi connectivity index (χ1v) is 7.01. The predicted octanol–water partition coefficient (Wildman–Crippen LogP) is 1.93. The van der Waals surface area contributed by atoms with Crippen LogP contribution < -0.4 is 5.32 Å². The van der Waals surface area contributed by atoms with Crippen LogP contribution in [0, 0.1) is 0 Å². The minimum absolute atomic E-state index is 0.792. The third kappa shape index (κ3) is 2.91. The molecule has 1 atom stereocenters. The topological polar surface area (TPSA) is 35.5 Å². The van der Waals surface area contributed by atoms with Crippen molar-refractivity contribution < 1.29 is 5.11 Å². The molecule has 3 heteroatoms. The fourth-order valence-electron chi connectivity index (χ4n) is 2.65. The van der Waals surface area contributed by atoms with Gasteiger partial charge in [0.2, 0.25) is 0 Å². The molecule has 1 heterocycles. The standard InChI is InChI=1S/C15H24N2O/c1-2-3-9-15(18,14-7-5-4-6-8-14)17-12-10-16-11-13-17/h4-8,16,18H,2-3,9-13H2,1H3. The zero-order valence-corrected chi connectivity index (χ0v) is 11.2. The number of nitrogens with zero attached hydrogens (tertiary/aromatic N) is 1. The number of aliphatic hydroxyl groups is 1. The van der Waals surface area contributed by atoms with Gasteiger partial charge >= 0.3 is 0 Å². The second-order valence-corrected chi connectivity index (χ2v) is 5.02. The number of piperazine rings is 1. The molecule has 0 saturated carbocycles. The van der Waals surface area contributed by atoms with Gasteiger partial charge in [-0.3, -0.25) is 4.90 Å². The van der Waals surface area contributed by atoms with Crippen LogP contribution in [0.3, 0.4) is 0 Å². The quantitative estimate of drug-likeness (QED) is 0.836. The third-order valence-corrected chi connectivity index (χ3v) is 3.76. The highest BCUT2D eigenvalue weighted by Gasteiger charge is 2.35. The monoisotopic (exact) mass is 248 g/mol. The van der Waals surface area contributed by atoms with Gasteiger partial charge in [-0.1, -0.05) is 43.7 Å². The molecule has 0 bridgehead atoms. The van der Waals surface area contributed by atoms with Gasteiger partial charge in [0, 0.05) is 26.2 Å². The third-order valence-electron chi connectivity index (χ3n) is 3.76. The lowest BCUT2D eigenvalue weighted by molar-refractivity contribution is -0.128. The van der Waals surface area contributed by atoms with Gasteiger partial charge in [0.25, 0.3) is 0 Å². The van der Waals surface area contributed by atoms with Crippen LogP contribution in [-0.2, 0) is 5.72 Å². The summed E-state index contributed by atoms with van der Waals surface area (Å²) in [4.78, 5) is 2.22. The smallest absolute Gasteiger partial charge is 0.144 e. The Balaban J connectivity index is 2.21. The molecule has 1 unspecified atom stereocenters. The van der Waals surface area contributed by atoms with Crippen molar-refractivity contribution in [3.8, 4) is 0 Å². The highest BCUT2D eigenvalue weighted by Crippen LogP contribution is 2.31. The normalized spacial score (nSPS) is 20.6. The van der Waals surface area contributed by atoms with Gasteiger partial charge in [0.1, 0.15) is 5.72 Å². The van der Waals surface area contributed by atoms with Gasteiger partial charge in [0.15, 0.2) is 0 Å². The van der Waals surface area contributed by atoms with Crippen LogP contribution >= 0.6 is 0 Å². The summed E-state index contributed by atoms with van der Waals surface area (Å²) in [7, 11) is 0. The summed E-state index contributed by atoms with van der Waals surface area (Å²) < 4.78 is 0. The van der Waals surface area contributed by atoms with Gasteiger partial charge in [0.05, 0.1) is 0 Å². The molecule has 3 nitrogen and oxygen atoms in total. The summed E-state index contributed by atoms with van der Waals surface area (Å²) in [5.74, 6) is 0. The summed E-state index contributed by atoms with van der Waals surface area (Å²) in [5, 5.41) is 14.5. The Labute approximate surface area is 110 Å². The summed E-state index contributed by atoms with van der Waals surface area (Å²) >= 11 is 0. The van der Waals surface area contributed by atoms with Crippen molar-refractivity contribution >= 4 is 0 Å². The van der Waals surface area contributed by atoms with Gasteiger partial charge in [-0.05, 0) is 18.4 Å². The van der Waals surface area contributed by atoms with Gasteiger partial charge in [-0.15, -0.1) is 0 Å². The second kappa shape index (κ2) is 6.32. The molecule has 0 spiro atoms. The molecule has 1 aliphatic rings. The lowest BCUT2D eigenvalue weighted by Gasteiger charge is -2.42. The molecule has 1 aliphatic heterocycles. The summed E-state index contributed by atoms with van der Waals surface area (Å²) in [5.41, 5.74) is 0.236. The van der Waals surface area contributed by atoms with Crippen molar-refractivity contribution in [3.63, 3.8) is 0 Å². The highest BCUT2D eigenvalue weighted by molar-refractivity contribution is 5.22. The molecule has 100 valence electrons. The maximum absolute atomic E-state index is 11.1. The van der Waals surface area contributed by atoms with Crippen LogP contribution in [0.2, 0.25) is 0 Å². The van der Waals surface area contributed by atoms with Crippen molar-refractivity contribution in [1.82, 2.24) is 10.2 Å². The average Bonchev–Trinajstić information content (AvgIpc) is 2.46. The lowest BCUT2D eigenvalue weighted by atomic mass is 9.94. The van der Waals surface area contributed by atoms with Gasteiger partial charge in [-0.25, -0.2) is 0 Å². The van der Waals surface area contributed by atoms with E-state index in [4.69, 9.17) is 0 Å². The number of nitrogens with one attached hydrogen (secondary N) is 1. The number of benzene rings is 1. The van der Waals surface area contributed by atoms with Crippen molar-refractivity contribution in [2.45, 2.75) is 31.9 Å². The Morgan fingerprint density at radius 3 is 2.50 bits per heavy atom. The van der Waals surface area contributed by atoms with Gasteiger partial charge in [-0.2, -0.15) is 0 Å². The Bertz CT molecular complexity index is 349. The lowest BCUT2D eigenvalue weighted by Crippen LogP contribution is -2.54. The molecule has 0 radical (unpaired) electrons. The molecular formula is C15H24N2O. The number of unbranched alkanes of at least 4 members (excludes halogenated alkanes) is 1.